The van der Waals surface area contributed by atoms with Crippen molar-refractivity contribution >= 4 is 39.4 Å². The van der Waals surface area contributed by atoms with Gasteiger partial charge in [-0.05, 0) is 54.1 Å². The second-order valence-corrected chi connectivity index (χ2v) is 18.0. The van der Waals surface area contributed by atoms with Crippen molar-refractivity contribution in [3.63, 3.8) is 0 Å². The van der Waals surface area contributed by atoms with Crippen molar-refractivity contribution < 1.29 is 36.8 Å². The minimum Gasteiger partial charge on any atom is -0.468 e. The van der Waals surface area contributed by atoms with Crippen LogP contribution in [0.4, 0.5) is 4.79 Å². The molecule has 2 saturated carbocycles. The number of amides is 5. The van der Waals surface area contributed by atoms with Crippen molar-refractivity contribution in [2.75, 3.05) is 18.8 Å². The van der Waals surface area contributed by atoms with Gasteiger partial charge in [0.15, 0.2) is 9.84 Å². The van der Waals surface area contributed by atoms with Gasteiger partial charge in [0.1, 0.15) is 23.6 Å². The molecule has 1 aliphatic heterocycles. The maximum atomic E-state index is 14.4. The first-order valence-corrected chi connectivity index (χ1v) is 19.5. The van der Waals surface area contributed by atoms with Gasteiger partial charge in [-0.15, -0.1) is 6.58 Å². The maximum absolute atomic E-state index is 14.4. The lowest BCUT2D eigenvalue weighted by atomic mass is 9.83. The largest absolute Gasteiger partial charge is 0.468 e. The molecule has 4 N–H and O–H groups in total. The number of nitrogens with zero attached hydrogens (tertiary/aromatic N) is 1. The Balaban J connectivity index is 1.53. The zero-order chi connectivity index (χ0) is 37.1. The summed E-state index contributed by atoms with van der Waals surface area (Å²) in [6.07, 6.45) is 7.02. The molecule has 0 bridgehead atoms. The number of piperidine rings is 1. The van der Waals surface area contributed by atoms with Crippen molar-refractivity contribution in [1.29, 1.82) is 0 Å². The van der Waals surface area contributed by atoms with E-state index in [1.54, 1.807) is 12.1 Å². The molecular weight excluding hydrogens is 662 g/mol. The average molecular weight is 718 g/mol. The van der Waals surface area contributed by atoms with Gasteiger partial charge < -0.3 is 30.6 Å². The number of nitrogens with one attached hydrogen (secondary N) is 4. The van der Waals surface area contributed by atoms with Crippen LogP contribution in [0.3, 0.4) is 0 Å². The Labute approximate surface area is 296 Å². The molecule has 5 amide bonds. The Kier molecular flexibility index (Phi) is 12.0. The van der Waals surface area contributed by atoms with E-state index in [1.165, 1.54) is 17.2 Å². The molecule has 2 heterocycles. The van der Waals surface area contributed by atoms with Gasteiger partial charge in [0.25, 0.3) is 5.91 Å². The summed E-state index contributed by atoms with van der Waals surface area (Å²) in [6, 6.07) is -0.451. The van der Waals surface area contributed by atoms with E-state index < -0.39 is 68.5 Å². The standard InChI is InChI=1S/C36H55N5O8S/c1-8-14-25(28(42)31(44)37-18-9-2)38-30(43)27-26-24(35(26,6)7)20-41(27)32(45)29(34(3,4)5)39-33(46)40-36(16-11-10-12-17-36)22-50(47,48)21-23-15-13-19-49-23/h9,13,15,19,24-27,29H,2,8,10-12,14,16-18,20-22H2,1,3-7H3,(H,37,44)(H,38,43)(H2,39,40,46)/t24?,25?,26-,27-,29+/m0/s1. The number of hydrogen-bond donors (Lipinski definition) is 4. The van der Waals surface area contributed by atoms with Crippen LogP contribution in [0.1, 0.15) is 92.2 Å². The van der Waals surface area contributed by atoms with Crippen LogP contribution in [0.15, 0.2) is 35.5 Å². The second kappa shape index (κ2) is 15.3. The predicted molar refractivity (Wildman–Crippen MR) is 188 cm³/mol. The van der Waals surface area contributed by atoms with Gasteiger partial charge in [-0.25, -0.2) is 13.2 Å². The highest BCUT2D eigenvalue weighted by atomic mass is 32.2. The molecule has 2 unspecified atom stereocenters. The lowest BCUT2D eigenvalue weighted by Gasteiger charge is -2.40. The van der Waals surface area contributed by atoms with Crippen LogP contribution in [0, 0.1) is 22.7 Å². The SMILES string of the molecule is C=CCNC(=O)C(=O)C(CCC)NC(=O)[C@@H]1[C@@H]2C(CN1C(=O)[C@@H](NC(=O)NC1(CS(=O)(=O)Cc3ccco3)CCCCC1)C(C)(C)C)C2(C)C. The van der Waals surface area contributed by atoms with E-state index in [9.17, 15) is 32.4 Å². The summed E-state index contributed by atoms with van der Waals surface area (Å²) in [7, 11) is -3.66. The Morgan fingerprint density at radius 2 is 1.78 bits per heavy atom. The Bertz CT molecular complexity index is 1540. The molecule has 5 atom stereocenters. The van der Waals surface area contributed by atoms with E-state index in [-0.39, 0.29) is 41.7 Å². The zero-order valence-electron chi connectivity index (χ0n) is 30.3. The molecule has 1 aromatic rings. The summed E-state index contributed by atoms with van der Waals surface area (Å²) in [5.41, 5.74) is -2.02. The number of carbonyl (C=O) groups is 5. The predicted octanol–water partition coefficient (Wildman–Crippen LogP) is 3.25. The minimum absolute atomic E-state index is 0.0396. The van der Waals surface area contributed by atoms with Crippen molar-refractivity contribution in [1.82, 2.24) is 26.2 Å². The van der Waals surface area contributed by atoms with Crippen molar-refractivity contribution in [2.45, 2.75) is 116 Å². The van der Waals surface area contributed by atoms with Crippen molar-refractivity contribution in [3.8, 4) is 0 Å². The summed E-state index contributed by atoms with van der Waals surface area (Å²) < 4.78 is 31.8. The van der Waals surface area contributed by atoms with Crippen LogP contribution in [0.5, 0.6) is 0 Å². The van der Waals surface area contributed by atoms with Gasteiger partial charge in [0.05, 0.1) is 23.6 Å². The third kappa shape index (κ3) is 8.96. The number of Topliss-reactive ketones (excluding diaryl/α,β-unsaturated/α-hetero) is 1. The van der Waals surface area contributed by atoms with Crippen LogP contribution >= 0.6 is 0 Å². The molecule has 0 radical (unpaired) electrons. The van der Waals surface area contributed by atoms with E-state index in [0.717, 1.165) is 19.3 Å². The van der Waals surface area contributed by atoms with Crippen LogP contribution in [-0.4, -0.2) is 85.4 Å². The van der Waals surface area contributed by atoms with E-state index >= 15 is 0 Å². The maximum Gasteiger partial charge on any atom is 0.315 e. The molecule has 1 aromatic heterocycles. The van der Waals surface area contributed by atoms with Gasteiger partial charge in [-0.1, -0.05) is 73.3 Å². The first-order chi connectivity index (χ1) is 23.4. The van der Waals surface area contributed by atoms with Crippen LogP contribution in [0.25, 0.3) is 0 Å². The molecule has 3 fully saturated rings. The van der Waals surface area contributed by atoms with Gasteiger partial charge >= 0.3 is 6.03 Å². The molecule has 278 valence electrons. The number of hydrogen-bond acceptors (Lipinski definition) is 8. The fraction of sp³-hybridized carbons (Fsp3) is 0.694. The summed E-state index contributed by atoms with van der Waals surface area (Å²) in [6.45, 7) is 15.3. The molecule has 1 saturated heterocycles. The van der Waals surface area contributed by atoms with Gasteiger partial charge in [-0.2, -0.15) is 0 Å². The molecule has 13 nitrogen and oxygen atoms in total. The molecule has 50 heavy (non-hydrogen) atoms. The summed E-state index contributed by atoms with van der Waals surface area (Å²) >= 11 is 0. The Morgan fingerprint density at radius 3 is 2.36 bits per heavy atom. The highest BCUT2D eigenvalue weighted by molar-refractivity contribution is 7.90. The Morgan fingerprint density at radius 1 is 1.10 bits per heavy atom. The molecule has 0 aromatic carbocycles. The first-order valence-electron chi connectivity index (χ1n) is 17.7. The molecule has 0 spiro atoms. The van der Waals surface area contributed by atoms with E-state index in [4.69, 9.17) is 4.42 Å². The van der Waals surface area contributed by atoms with Crippen LogP contribution in [0.2, 0.25) is 0 Å². The topological polar surface area (TPSA) is 184 Å². The van der Waals surface area contributed by atoms with Crippen LogP contribution in [-0.2, 0) is 34.8 Å². The van der Waals surface area contributed by atoms with Gasteiger partial charge in [0, 0.05) is 13.1 Å². The fourth-order valence-electron chi connectivity index (χ4n) is 7.88. The number of carbonyl (C=O) groups excluding carboxylic acids is 5. The van der Waals surface area contributed by atoms with Crippen molar-refractivity contribution in [2.24, 2.45) is 22.7 Å². The second-order valence-electron chi connectivity index (χ2n) is 16.0. The minimum atomic E-state index is -3.66. The molecule has 14 heteroatoms. The average Bonchev–Trinajstić information content (AvgIpc) is 3.44. The third-order valence-corrected chi connectivity index (χ3v) is 12.3. The van der Waals surface area contributed by atoms with E-state index in [0.29, 0.717) is 31.6 Å². The number of likely N-dealkylation sites (tertiary alicyclic amines) is 1. The number of furan rings is 1. The van der Waals surface area contributed by atoms with Crippen LogP contribution < -0.4 is 21.3 Å². The number of ketones is 1. The van der Waals surface area contributed by atoms with Crippen molar-refractivity contribution in [3.05, 3.63) is 36.8 Å². The van der Waals surface area contributed by atoms with E-state index in [1.807, 2.05) is 41.5 Å². The van der Waals surface area contributed by atoms with Gasteiger partial charge in [0.2, 0.25) is 17.6 Å². The molecule has 3 aliphatic rings. The fourth-order valence-corrected chi connectivity index (χ4v) is 9.78. The number of fused-ring (bicyclic) bond motifs is 1. The third-order valence-electron chi connectivity index (χ3n) is 10.6. The quantitative estimate of drug-likeness (QED) is 0.157. The normalized spacial score (nSPS) is 23.5. The van der Waals surface area contributed by atoms with Gasteiger partial charge in [-0.3, -0.25) is 19.2 Å². The molecular formula is C36H55N5O8S. The highest BCUT2D eigenvalue weighted by Crippen LogP contribution is 2.65. The summed E-state index contributed by atoms with van der Waals surface area (Å²) in [5, 5.41) is 11.1. The number of rotatable bonds is 15. The molecule has 2 aliphatic carbocycles. The first kappa shape index (κ1) is 39.1. The lowest BCUT2D eigenvalue weighted by Crippen LogP contribution is -2.64. The smallest absolute Gasteiger partial charge is 0.315 e. The number of sulfone groups is 1. The Hall–Kier alpha value is -3.68. The number of urea groups is 1. The molecule has 4 rings (SSSR count). The summed E-state index contributed by atoms with van der Waals surface area (Å²) in [5.74, 6) is -2.89. The lowest BCUT2D eigenvalue weighted by molar-refractivity contribution is -0.145. The van der Waals surface area contributed by atoms with E-state index in [2.05, 4.69) is 27.8 Å². The monoisotopic (exact) mass is 717 g/mol. The zero-order valence-corrected chi connectivity index (χ0v) is 31.1. The highest BCUT2D eigenvalue weighted by Gasteiger charge is 2.70. The summed E-state index contributed by atoms with van der Waals surface area (Å²) in [4.78, 5) is 69.1.